The highest BCUT2D eigenvalue weighted by atomic mass is 32.1. The molecule has 0 aliphatic carbocycles. The molecule has 0 radical (unpaired) electrons. The third kappa shape index (κ3) is 1.57. The highest BCUT2D eigenvalue weighted by molar-refractivity contribution is 7.19. The van der Waals surface area contributed by atoms with Crippen LogP contribution < -0.4 is 5.73 Å². The van der Waals surface area contributed by atoms with E-state index in [1.165, 1.54) is 21.1 Å². The van der Waals surface area contributed by atoms with Gasteiger partial charge in [-0.3, -0.25) is 0 Å². The molecule has 0 fully saturated rings. The van der Waals surface area contributed by atoms with E-state index in [0.29, 0.717) is 5.13 Å². The first-order valence-corrected chi connectivity index (χ1v) is 5.46. The Morgan fingerprint density at radius 2 is 2.00 bits per heavy atom. The van der Waals surface area contributed by atoms with E-state index in [1.807, 2.05) is 0 Å². The first kappa shape index (κ1) is 8.65. The smallest absolute Gasteiger partial charge is 0.203 e. The van der Waals surface area contributed by atoms with Crippen molar-refractivity contribution in [1.29, 1.82) is 0 Å². The van der Waals surface area contributed by atoms with Gasteiger partial charge in [0.1, 0.15) is 0 Å². The number of hydrogen-bond acceptors (Lipinski definition) is 5. The number of aromatic nitrogens is 2. The van der Waals surface area contributed by atoms with Gasteiger partial charge in [0.25, 0.3) is 0 Å². The van der Waals surface area contributed by atoms with Gasteiger partial charge in [0.2, 0.25) is 5.13 Å². The minimum atomic E-state index is 0.526. The van der Waals surface area contributed by atoms with E-state index in [9.17, 15) is 0 Å². The summed E-state index contributed by atoms with van der Waals surface area (Å²) >= 11 is 3.20. The van der Waals surface area contributed by atoms with Crippen molar-refractivity contribution in [2.24, 2.45) is 0 Å². The summed E-state index contributed by atoms with van der Waals surface area (Å²) < 4.78 is 0. The number of nitrogens with zero attached hydrogens (tertiary/aromatic N) is 2. The number of hydrogen-bond donors (Lipinski definition) is 1. The molecular formula is C8H9N3S2. The van der Waals surface area contributed by atoms with Gasteiger partial charge in [-0.2, -0.15) is 0 Å². The third-order valence-electron chi connectivity index (χ3n) is 1.71. The standard InChI is InChI=1S/C8H9N3S2/c1-4-3-6(5(2)12-4)7-10-11-8(9)13-7/h3H,1-2H3,(H2,9,11). The second kappa shape index (κ2) is 3.08. The van der Waals surface area contributed by atoms with Crippen LogP contribution in [0.3, 0.4) is 0 Å². The maximum Gasteiger partial charge on any atom is 0.203 e. The molecule has 2 aromatic heterocycles. The summed E-state index contributed by atoms with van der Waals surface area (Å²) in [5, 5.41) is 9.25. The number of nitrogens with two attached hydrogens (primary N) is 1. The summed E-state index contributed by atoms with van der Waals surface area (Å²) in [5.74, 6) is 0. The molecule has 0 aliphatic heterocycles. The Morgan fingerprint density at radius 1 is 1.23 bits per heavy atom. The molecule has 3 nitrogen and oxygen atoms in total. The first-order chi connectivity index (χ1) is 6.16. The van der Waals surface area contributed by atoms with E-state index in [1.54, 1.807) is 11.3 Å². The number of anilines is 1. The van der Waals surface area contributed by atoms with Gasteiger partial charge in [0, 0.05) is 15.3 Å². The lowest BCUT2D eigenvalue weighted by molar-refractivity contribution is 1.10. The van der Waals surface area contributed by atoms with Gasteiger partial charge in [-0.05, 0) is 19.9 Å². The molecule has 5 heteroatoms. The molecule has 0 unspecified atom stereocenters. The highest BCUT2D eigenvalue weighted by Crippen LogP contribution is 2.32. The molecule has 68 valence electrons. The van der Waals surface area contributed by atoms with Gasteiger partial charge in [0.15, 0.2) is 5.01 Å². The normalized spacial score (nSPS) is 10.6. The number of nitrogen functional groups attached to an aromatic ring is 1. The maximum atomic E-state index is 5.52. The average Bonchev–Trinajstić information content (AvgIpc) is 2.58. The lowest BCUT2D eigenvalue weighted by atomic mass is 10.3. The average molecular weight is 211 g/mol. The minimum Gasteiger partial charge on any atom is -0.374 e. The quantitative estimate of drug-likeness (QED) is 0.788. The van der Waals surface area contributed by atoms with Crippen LogP contribution in [-0.4, -0.2) is 10.2 Å². The zero-order valence-electron chi connectivity index (χ0n) is 7.37. The van der Waals surface area contributed by atoms with Crippen molar-refractivity contribution < 1.29 is 0 Å². The predicted octanol–water partition coefficient (Wildman–Crippen LogP) is 2.47. The Morgan fingerprint density at radius 3 is 2.46 bits per heavy atom. The monoisotopic (exact) mass is 211 g/mol. The molecule has 0 saturated carbocycles. The first-order valence-electron chi connectivity index (χ1n) is 3.83. The number of thiophene rings is 1. The molecule has 0 atom stereocenters. The lowest BCUT2D eigenvalue weighted by Gasteiger charge is -1.89. The summed E-state index contributed by atoms with van der Waals surface area (Å²) in [6.07, 6.45) is 0. The Bertz CT molecular complexity index is 430. The summed E-state index contributed by atoms with van der Waals surface area (Å²) in [7, 11) is 0. The molecule has 0 saturated heterocycles. The molecule has 13 heavy (non-hydrogen) atoms. The molecule has 2 rings (SSSR count). The molecule has 0 bridgehead atoms. The lowest BCUT2D eigenvalue weighted by Crippen LogP contribution is -1.80. The zero-order valence-corrected chi connectivity index (χ0v) is 9.00. The van der Waals surface area contributed by atoms with Crippen molar-refractivity contribution in [3.63, 3.8) is 0 Å². The van der Waals surface area contributed by atoms with Crippen molar-refractivity contribution in [2.75, 3.05) is 5.73 Å². The van der Waals surface area contributed by atoms with Crippen LogP contribution in [0.4, 0.5) is 5.13 Å². The predicted molar refractivity (Wildman–Crippen MR) is 57.1 cm³/mol. The summed E-state index contributed by atoms with van der Waals surface area (Å²) in [6, 6.07) is 2.12. The van der Waals surface area contributed by atoms with Crippen molar-refractivity contribution >= 4 is 27.8 Å². The second-order valence-electron chi connectivity index (χ2n) is 2.77. The fourth-order valence-corrected chi connectivity index (χ4v) is 2.86. The topological polar surface area (TPSA) is 51.8 Å². The molecule has 2 heterocycles. The molecule has 0 aromatic carbocycles. The number of rotatable bonds is 1. The molecule has 2 N–H and O–H groups in total. The Labute approximate surface area is 84.2 Å². The van der Waals surface area contributed by atoms with Gasteiger partial charge in [-0.15, -0.1) is 21.5 Å². The van der Waals surface area contributed by atoms with Crippen molar-refractivity contribution in [2.45, 2.75) is 13.8 Å². The Hall–Kier alpha value is -0.940. The van der Waals surface area contributed by atoms with E-state index in [4.69, 9.17) is 5.73 Å². The van der Waals surface area contributed by atoms with Crippen molar-refractivity contribution in [3.05, 3.63) is 15.8 Å². The SMILES string of the molecule is Cc1cc(-c2nnc(N)s2)c(C)s1. The minimum absolute atomic E-state index is 0.526. The summed E-state index contributed by atoms with van der Waals surface area (Å²) in [4.78, 5) is 2.56. The molecule has 2 aromatic rings. The fourth-order valence-electron chi connectivity index (χ4n) is 1.19. The van der Waals surface area contributed by atoms with Gasteiger partial charge in [0.05, 0.1) is 0 Å². The molecule has 0 spiro atoms. The second-order valence-corrected chi connectivity index (χ2v) is 5.24. The van der Waals surface area contributed by atoms with E-state index in [-0.39, 0.29) is 0 Å². The highest BCUT2D eigenvalue weighted by Gasteiger charge is 2.09. The van der Waals surface area contributed by atoms with Crippen molar-refractivity contribution in [1.82, 2.24) is 10.2 Å². The summed E-state index contributed by atoms with van der Waals surface area (Å²) in [6.45, 7) is 4.18. The third-order valence-corrected chi connectivity index (χ3v) is 3.46. The van der Waals surface area contributed by atoms with Gasteiger partial charge < -0.3 is 5.73 Å². The summed E-state index contributed by atoms with van der Waals surface area (Å²) in [5.41, 5.74) is 6.68. The Balaban J connectivity index is 2.51. The largest absolute Gasteiger partial charge is 0.374 e. The fraction of sp³-hybridized carbons (Fsp3) is 0.250. The molecule has 0 amide bonds. The van der Waals surface area contributed by atoms with Crippen LogP contribution in [0.2, 0.25) is 0 Å². The molecular weight excluding hydrogens is 202 g/mol. The van der Waals surface area contributed by atoms with Crippen LogP contribution in [0.5, 0.6) is 0 Å². The van der Waals surface area contributed by atoms with E-state index in [2.05, 4.69) is 30.1 Å². The van der Waals surface area contributed by atoms with Crippen LogP contribution in [-0.2, 0) is 0 Å². The Kier molecular flexibility index (Phi) is 2.05. The van der Waals surface area contributed by atoms with Crippen LogP contribution in [0, 0.1) is 13.8 Å². The van der Waals surface area contributed by atoms with Gasteiger partial charge >= 0.3 is 0 Å². The molecule has 0 aliphatic rings. The van der Waals surface area contributed by atoms with Crippen LogP contribution in [0.25, 0.3) is 10.6 Å². The van der Waals surface area contributed by atoms with Crippen LogP contribution in [0.15, 0.2) is 6.07 Å². The van der Waals surface area contributed by atoms with E-state index in [0.717, 1.165) is 10.6 Å². The maximum absolute atomic E-state index is 5.52. The zero-order chi connectivity index (χ0) is 9.42. The number of aryl methyl sites for hydroxylation is 2. The van der Waals surface area contributed by atoms with Gasteiger partial charge in [-0.1, -0.05) is 11.3 Å². The van der Waals surface area contributed by atoms with E-state index < -0.39 is 0 Å². The van der Waals surface area contributed by atoms with Crippen LogP contribution >= 0.6 is 22.7 Å². The van der Waals surface area contributed by atoms with Gasteiger partial charge in [-0.25, -0.2) is 0 Å². The van der Waals surface area contributed by atoms with Crippen LogP contribution in [0.1, 0.15) is 9.75 Å². The van der Waals surface area contributed by atoms with E-state index >= 15 is 0 Å². The van der Waals surface area contributed by atoms with Crippen molar-refractivity contribution in [3.8, 4) is 10.6 Å².